The molecular weight excluding hydrogens is 310 g/mol. The number of nitrogens with zero attached hydrogens (tertiary/aromatic N) is 5. The van der Waals surface area contributed by atoms with Crippen molar-refractivity contribution in [1.82, 2.24) is 18.9 Å². The molecule has 0 amide bonds. The highest BCUT2D eigenvalue weighted by atomic mass is 32.1. The Morgan fingerprint density at radius 3 is 3.04 bits per heavy atom. The van der Waals surface area contributed by atoms with Crippen LogP contribution in [0.15, 0.2) is 40.8 Å². The highest BCUT2D eigenvalue weighted by molar-refractivity contribution is 7.15. The normalized spacial score (nSPS) is 17.3. The Bertz CT molecular complexity index is 1080. The number of aromatic nitrogens is 4. The van der Waals surface area contributed by atoms with E-state index in [2.05, 4.69) is 29.2 Å². The number of nitrogens with two attached hydrogens (primary N) is 1. The summed E-state index contributed by atoms with van der Waals surface area (Å²) < 4.78 is 4.14. The van der Waals surface area contributed by atoms with Crippen LogP contribution in [-0.2, 0) is 0 Å². The second kappa shape index (κ2) is 4.32. The molecule has 0 saturated heterocycles. The molecule has 0 aliphatic carbocycles. The van der Waals surface area contributed by atoms with Gasteiger partial charge in [0.25, 0.3) is 0 Å². The summed E-state index contributed by atoms with van der Waals surface area (Å²) in [6.45, 7) is 2.00. The lowest BCUT2D eigenvalue weighted by atomic mass is 10.2. The minimum Gasteiger partial charge on any atom is -0.370 e. The molecule has 23 heavy (non-hydrogen) atoms. The van der Waals surface area contributed by atoms with Crippen molar-refractivity contribution in [1.29, 1.82) is 0 Å². The maximum Gasteiger partial charge on any atom is 0.212 e. The molecule has 0 spiro atoms. The molecule has 3 aromatic heterocycles. The van der Waals surface area contributed by atoms with Gasteiger partial charge < -0.3 is 5.73 Å². The van der Waals surface area contributed by atoms with Crippen molar-refractivity contribution >= 4 is 39.2 Å². The third-order valence-electron chi connectivity index (χ3n) is 4.07. The van der Waals surface area contributed by atoms with Gasteiger partial charge in [-0.15, -0.1) is 11.3 Å². The van der Waals surface area contributed by atoms with E-state index in [4.69, 9.17) is 5.73 Å². The number of nitrogens with one attached hydrogen (secondary N) is 1. The van der Waals surface area contributed by atoms with Gasteiger partial charge in [-0.3, -0.25) is 14.3 Å². The van der Waals surface area contributed by atoms with Crippen LogP contribution in [0.4, 0.5) is 5.95 Å². The van der Waals surface area contributed by atoms with Crippen LogP contribution in [0.5, 0.6) is 0 Å². The first-order valence-electron chi connectivity index (χ1n) is 7.21. The maximum atomic E-state index is 6.00. The molecule has 0 unspecified atom stereocenters. The number of hydrogen-bond donors (Lipinski definition) is 2. The highest BCUT2D eigenvalue weighted by Crippen LogP contribution is 2.34. The van der Waals surface area contributed by atoms with E-state index in [1.165, 1.54) is 0 Å². The van der Waals surface area contributed by atoms with E-state index in [9.17, 15) is 0 Å². The molecule has 3 N–H and O–H groups in total. The molecule has 114 valence electrons. The average Bonchev–Trinajstić information content (AvgIpc) is 3.17. The molecule has 0 bridgehead atoms. The van der Waals surface area contributed by atoms with E-state index in [0.29, 0.717) is 11.9 Å². The third kappa shape index (κ3) is 1.66. The summed E-state index contributed by atoms with van der Waals surface area (Å²) in [6.07, 6.45) is 1.73. The van der Waals surface area contributed by atoms with Crippen molar-refractivity contribution in [3.8, 4) is 0 Å². The Morgan fingerprint density at radius 2 is 2.13 bits per heavy atom. The van der Waals surface area contributed by atoms with E-state index in [1.807, 2.05) is 42.8 Å². The van der Waals surface area contributed by atoms with Gasteiger partial charge >= 0.3 is 0 Å². The fraction of sp³-hybridized carbons (Fsp3) is 0.133. The van der Waals surface area contributed by atoms with Gasteiger partial charge in [-0.25, -0.2) is 15.0 Å². The second-order valence-electron chi connectivity index (χ2n) is 5.45. The summed E-state index contributed by atoms with van der Waals surface area (Å²) in [4.78, 5) is 14.8. The first-order valence-corrected chi connectivity index (χ1v) is 8.09. The van der Waals surface area contributed by atoms with Crippen molar-refractivity contribution in [2.45, 2.75) is 13.1 Å². The predicted molar refractivity (Wildman–Crippen MR) is 90.9 cm³/mol. The largest absolute Gasteiger partial charge is 0.370 e. The van der Waals surface area contributed by atoms with Crippen LogP contribution in [-0.4, -0.2) is 24.9 Å². The predicted octanol–water partition coefficient (Wildman–Crippen LogP) is 2.34. The second-order valence-corrected chi connectivity index (χ2v) is 6.32. The zero-order valence-electron chi connectivity index (χ0n) is 12.3. The number of hydrogen-bond acceptors (Lipinski definition) is 6. The summed E-state index contributed by atoms with van der Waals surface area (Å²) in [5.41, 5.74) is 9.88. The average molecular weight is 323 g/mol. The van der Waals surface area contributed by atoms with Crippen LogP contribution in [0.3, 0.4) is 0 Å². The molecule has 0 radical (unpaired) electrons. The Balaban J connectivity index is 1.85. The topological polar surface area (TPSA) is 85.5 Å². The SMILES string of the molecule is Cc1nc2sccn2c1[C@H]1N=C(N)Nc2nc3ccccc3n21. The van der Waals surface area contributed by atoms with Crippen molar-refractivity contribution in [2.75, 3.05) is 5.32 Å². The summed E-state index contributed by atoms with van der Waals surface area (Å²) in [5, 5.41) is 5.08. The minimum atomic E-state index is -0.289. The number of aliphatic imine (C=N–C) groups is 1. The van der Waals surface area contributed by atoms with Crippen molar-refractivity contribution in [2.24, 2.45) is 10.7 Å². The molecule has 8 heteroatoms. The van der Waals surface area contributed by atoms with Crippen molar-refractivity contribution in [3.05, 3.63) is 47.2 Å². The number of para-hydroxylation sites is 2. The Kier molecular flexibility index (Phi) is 2.38. The van der Waals surface area contributed by atoms with Gasteiger partial charge in [-0.05, 0) is 19.1 Å². The van der Waals surface area contributed by atoms with Crippen molar-refractivity contribution in [3.63, 3.8) is 0 Å². The monoisotopic (exact) mass is 323 g/mol. The molecule has 1 aromatic carbocycles. The molecule has 1 atom stereocenters. The molecule has 4 aromatic rings. The number of fused-ring (bicyclic) bond motifs is 4. The lowest BCUT2D eigenvalue weighted by Crippen LogP contribution is -2.32. The van der Waals surface area contributed by atoms with Crippen LogP contribution >= 0.6 is 11.3 Å². The quantitative estimate of drug-likeness (QED) is 0.563. The number of guanidine groups is 1. The summed E-state index contributed by atoms with van der Waals surface area (Å²) in [5.74, 6) is 1.07. The summed E-state index contributed by atoms with van der Waals surface area (Å²) in [7, 11) is 0. The highest BCUT2D eigenvalue weighted by Gasteiger charge is 2.29. The smallest absolute Gasteiger partial charge is 0.212 e. The lowest BCUT2D eigenvalue weighted by molar-refractivity contribution is 0.600. The number of rotatable bonds is 1. The molecule has 1 aliphatic rings. The van der Waals surface area contributed by atoms with E-state index >= 15 is 0 Å². The van der Waals surface area contributed by atoms with Crippen LogP contribution in [0.2, 0.25) is 0 Å². The van der Waals surface area contributed by atoms with Crippen molar-refractivity contribution < 1.29 is 0 Å². The van der Waals surface area contributed by atoms with Gasteiger partial charge in [0.15, 0.2) is 17.1 Å². The zero-order valence-corrected chi connectivity index (χ0v) is 13.1. The van der Waals surface area contributed by atoms with Crippen LogP contribution < -0.4 is 11.1 Å². The summed E-state index contributed by atoms with van der Waals surface area (Å²) in [6, 6.07) is 8.00. The van der Waals surface area contributed by atoms with E-state index in [1.54, 1.807) is 11.3 Å². The minimum absolute atomic E-state index is 0.289. The Morgan fingerprint density at radius 1 is 1.26 bits per heavy atom. The van der Waals surface area contributed by atoms with Gasteiger partial charge in [0.1, 0.15) is 0 Å². The van der Waals surface area contributed by atoms with E-state index in [0.717, 1.165) is 27.4 Å². The number of anilines is 1. The van der Waals surface area contributed by atoms with Gasteiger partial charge in [0.2, 0.25) is 5.95 Å². The standard InChI is InChI=1S/C15H13N7S/c1-8-11(21-6-7-23-15(21)17-8)12-19-13(16)20-14-18-9-4-2-3-5-10(9)22(12)14/h2-7,12H,1H3,(H3,16,18,19,20)/t12-/m0/s1. The molecule has 0 saturated carbocycles. The fourth-order valence-corrected chi connectivity index (χ4v) is 3.89. The molecule has 1 aliphatic heterocycles. The lowest BCUT2D eigenvalue weighted by Gasteiger charge is -2.23. The molecule has 4 heterocycles. The van der Waals surface area contributed by atoms with Gasteiger partial charge in [0.05, 0.1) is 22.4 Å². The Labute approximate surface area is 135 Å². The molecule has 0 fully saturated rings. The molecular formula is C15H13N7S. The van der Waals surface area contributed by atoms with Gasteiger partial charge in [-0.2, -0.15) is 0 Å². The molecule has 7 nitrogen and oxygen atoms in total. The van der Waals surface area contributed by atoms with E-state index in [-0.39, 0.29) is 6.17 Å². The Hall–Kier alpha value is -2.87. The van der Waals surface area contributed by atoms with E-state index < -0.39 is 0 Å². The number of aryl methyl sites for hydroxylation is 1. The van der Waals surface area contributed by atoms with Crippen LogP contribution in [0.1, 0.15) is 17.6 Å². The van der Waals surface area contributed by atoms with Crippen LogP contribution in [0.25, 0.3) is 16.0 Å². The fourth-order valence-electron chi connectivity index (χ4n) is 3.12. The number of benzene rings is 1. The van der Waals surface area contributed by atoms with Gasteiger partial charge in [-0.1, -0.05) is 12.1 Å². The first-order chi connectivity index (χ1) is 11.2. The number of imidazole rings is 2. The molecule has 5 rings (SSSR count). The van der Waals surface area contributed by atoms with Crippen LogP contribution in [0, 0.1) is 6.92 Å². The zero-order chi connectivity index (χ0) is 15.6. The maximum absolute atomic E-state index is 6.00. The first kappa shape index (κ1) is 12.7. The third-order valence-corrected chi connectivity index (χ3v) is 4.83. The van der Waals surface area contributed by atoms with Gasteiger partial charge in [0, 0.05) is 11.6 Å². The number of thiazole rings is 1. The summed E-state index contributed by atoms with van der Waals surface area (Å²) >= 11 is 1.61.